The average Bonchev–Trinajstić information content (AvgIpc) is 2.29. The Labute approximate surface area is 89.7 Å². The number of benzene rings is 1. The molecule has 0 heterocycles. The second-order valence-electron chi connectivity index (χ2n) is 3.90. The Hall–Kier alpha value is -1.35. The van der Waals surface area contributed by atoms with E-state index in [4.69, 9.17) is 5.73 Å². The minimum absolute atomic E-state index is 0.0453. The van der Waals surface area contributed by atoms with E-state index in [0.717, 1.165) is 18.5 Å². The maximum atomic E-state index is 11.2. The van der Waals surface area contributed by atoms with Crippen LogP contribution in [0.5, 0.6) is 0 Å². The van der Waals surface area contributed by atoms with Gasteiger partial charge in [0.1, 0.15) is 0 Å². The zero-order valence-corrected chi connectivity index (χ0v) is 8.75. The van der Waals surface area contributed by atoms with E-state index in [1.54, 1.807) is 0 Å². The van der Waals surface area contributed by atoms with Crippen LogP contribution < -0.4 is 11.1 Å². The van der Waals surface area contributed by atoms with Crippen LogP contribution in [-0.2, 0) is 17.6 Å². The van der Waals surface area contributed by atoms with Crippen molar-refractivity contribution in [2.24, 2.45) is 5.73 Å². The maximum Gasteiger partial charge on any atom is 0.238 e. The van der Waals surface area contributed by atoms with Gasteiger partial charge in [-0.2, -0.15) is 0 Å². The fourth-order valence-electron chi connectivity index (χ4n) is 2.10. The molecule has 1 aromatic rings. The lowest BCUT2D eigenvalue weighted by Crippen LogP contribution is -2.23. The lowest BCUT2D eigenvalue weighted by Gasteiger charge is -2.19. The van der Waals surface area contributed by atoms with E-state index in [2.05, 4.69) is 11.4 Å². The summed E-state index contributed by atoms with van der Waals surface area (Å²) in [6.07, 6.45) is 4.65. The molecule has 0 spiro atoms. The number of hydrogen-bond donors (Lipinski definition) is 2. The Bertz CT molecular complexity index is 374. The molecule has 0 fully saturated rings. The van der Waals surface area contributed by atoms with Gasteiger partial charge in [-0.15, -0.1) is 0 Å². The second-order valence-corrected chi connectivity index (χ2v) is 3.90. The molecule has 15 heavy (non-hydrogen) atoms. The molecule has 1 aliphatic rings. The fourth-order valence-corrected chi connectivity index (χ4v) is 2.10. The Kier molecular flexibility index (Phi) is 3.02. The molecule has 0 saturated carbocycles. The van der Waals surface area contributed by atoms with Gasteiger partial charge in [-0.1, -0.05) is 12.1 Å². The summed E-state index contributed by atoms with van der Waals surface area (Å²) in [6, 6.07) is 6.10. The number of carbonyl (C=O) groups excluding carboxylic acids is 1. The van der Waals surface area contributed by atoms with Gasteiger partial charge in [-0.25, -0.2) is 0 Å². The number of amides is 1. The van der Waals surface area contributed by atoms with Crippen LogP contribution in [0.4, 0.5) is 5.69 Å². The van der Waals surface area contributed by atoms with Gasteiger partial charge in [0.15, 0.2) is 0 Å². The van der Waals surface area contributed by atoms with E-state index in [9.17, 15) is 4.79 Å². The van der Waals surface area contributed by atoms with Crippen LogP contribution in [0.2, 0.25) is 0 Å². The van der Waals surface area contributed by atoms with Gasteiger partial charge in [0.2, 0.25) is 5.91 Å². The molecule has 0 unspecified atom stereocenters. The van der Waals surface area contributed by atoms with Crippen molar-refractivity contribution >= 4 is 11.6 Å². The molecule has 0 saturated heterocycles. The molecular formula is C12H16N2O. The van der Waals surface area contributed by atoms with Crippen molar-refractivity contribution in [3.8, 4) is 0 Å². The molecule has 3 nitrogen and oxygen atoms in total. The zero-order chi connectivity index (χ0) is 10.7. The van der Waals surface area contributed by atoms with Crippen molar-refractivity contribution in [3.63, 3.8) is 0 Å². The monoisotopic (exact) mass is 204 g/mol. The first-order valence-corrected chi connectivity index (χ1v) is 5.42. The largest absolute Gasteiger partial charge is 0.325 e. The molecule has 80 valence electrons. The highest BCUT2D eigenvalue weighted by molar-refractivity contribution is 5.93. The normalized spacial score (nSPS) is 14.5. The van der Waals surface area contributed by atoms with E-state index < -0.39 is 0 Å². The molecule has 0 atom stereocenters. The van der Waals surface area contributed by atoms with E-state index in [-0.39, 0.29) is 12.5 Å². The molecule has 3 N–H and O–H groups in total. The van der Waals surface area contributed by atoms with E-state index in [0.29, 0.717) is 0 Å². The first-order valence-electron chi connectivity index (χ1n) is 5.42. The van der Waals surface area contributed by atoms with Crippen molar-refractivity contribution < 1.29 is 4.79 Å². The van der Waals surface area contributed by atoms with Crippen LogP contribution in [0.3, 0.4) is 0 Å². The number of aryl methyl sites for hydroxylation is 1. The number of fused-ring (bicyclic) bond motifs is 1. The molecule has 2 rings (SSSR count). The molecule has 0 aliphatic heterocycles. The van der Waals surface area contributed by atoms with Gasteiger partial charge in [0, 0.05) is 5.69 Å². The van der Waals surface area contributed by atoms with Gasteiger partial charge in [0.25, 0.3) is 0 Å². The topological polar surface area (TPSA) is 55.1 Å². The third-order valence-corrected chi connectivity index (χ3v) is 2.86. The minimum atomic E-state index is -0.117. The van der Waals surface area contributed by atoms with Crippen molar-refractivity contribution in [2.75, 3.05) is 11.9 Å². The molecule has 0 aromatic heterocycles. The van der Waals surface area contributed by atoms with Crippen molar-refractivity contribution in [1.29, 1.82) is 0 Å². The SMILES string of the molecule is NCC(=O)Nc1cccc2c1CCCC2. The van der Waals surface area contributed by atoms with Gasteiger partial charge in [-0.3, -0.25) is 4.79 Å². The smallest absolute Gasteiger partial charge is 0.238 e. The van der Waals surface area contributed by atoms with E-state index in [1.807, 2.05) is 12.1 Å². The Balaban J connectivity index is 2.27. The molecule has 0 bridgehead atoms. The number of anilines is 1. The van der Waals surface area contributed by atoms with Crippen LogP contribution in [0.1, 0.15) is 24.0 Å². The molecule has 1 amide bonds. The van der Waals surface area contributed by atoms with Crippen LogP contribution in [-0.4, -0.2) is 12.5 Å². The Morgan fingerprint density at radius 1 is 1.33 bits per heavy atom. The van der Waals surface area contributed by atoms with Gasteiger partial charge < -0.3 is 11.1 Å². The highest BCUT2D eigenvalue weighted by Crippen LogP contribution is 2.27. The van der Waals surface area contributed by atoms with Crippen molar-refractivity contribution in [2.45, 2.75) is 25.7 Å². The first kappa shape index (κ1) is 10.2. The number of nitrogens with one attached hydrogen (secondary N) is 1. The van der Waals surface area contributed by atoms with Gasteiger partial charge in [0.05, 0.1) is 6.54 Å². The highest BCUT2D eigenvalue weighted by Gasteiger charge is 2.13. The quantitative estimate of drug-likeness (QED) is 0.766. The number of rotatable bonds is 2. The van der Waals surface area contributed by atoms with Crippen molar-refractivity contribution in [3.05, 3.63) is 29.3 Å². The van der Waals surface area contributed by atoms with E-state index in [1.165, 1.54) is 24.0 Å². The standard InChI is InChI=1S/C12H16N2O/c13-8-12(15)14-11-7-3-5-9-4-1-2-6-10(9)11/h3,5,7H,1-2,4,6,8,13H2,(H,14,15). The fraction of sp³-hybridized carbons (Fsp3) is 0.417. The van der Waals surface area contributed by atoms with Crippen LogP contribution in [0, 0.1) is 0 Å². The Morgan fingerprint density at radius 3 is 2.93 bits per heavy atom. The Morgan fingerprint density at radius 2 is 2.13 bits per heavy atom. The summed E-state index contributed by atoms with van der Waals surface area (Å²) in [5.74, 6) is -0.117. The number of hydrogen-bond acceptors (Lipinski definition) is 2. The second kappa shape index (κ2) is 4.45. The summed E-state index contributed by atoms with van der Waals surface area (Å²) in [7, 11) is 0. The average molecular weight is 204 g/mol. The summed E-state index contributed by atoms with van der Waals surface area (Å²) in [6.45, 7) is 0.0453. The minimum Gasteiger partial charge on any atom is -0.325 e. The summed E-state index contributed by atoms with van der Waals surface area (Å²) in [5, 5.41) is 2.86. The van der Waals surface area contributed by atoms with Crippen LogP contribution >= 0.6 is 0 Å². The van der Waals surface area contributed by atoms with Crippen molar-refractivity contribution in [1.82, 2.24) is 0 Å². The summed E-state index contributed by atoms with van der Waals surface area (Å²) in [5.41, 5.74) is 8.90. The maximum absolute atomic E-state index is 11.2. The first-order chi connectivity index (χ1) is 7.31. The summed E-state index contributed by atoms with van der Waals surface area (Å²) >= 11 is 0. The lowest BCUT2D eigenvalue weighted by molar-refractivity contribution is -0.114. The lowest BCUT2D eigenvalue weighted by atomic mass is 9.90. The molecule has 1 aromatic carbocycles. The predicted molar refractivity (Wildman–Crippen MR) is 60.8 cm³/mol. The van der Waals surface area contributed by atoms with Crippen LogP contribution in [0.15, 0.2) is 18.2 Å². The summed E-state index contributed by atoms with van der Waals surface area (Å²) < 4.78 is 0. The highest BCUT2D eigenvalue weighted by atomic mass is 16.1. The third kappa shape index (κ3) is 2.18. The van der Waals surface area contributed by atoms with Gasteiger partial charge in [-0.05, 0) is 42.9 Å². The molecular weight excluding hydrogens is 188 g/mol. The number of carbonyl (C=O) groups is 1. The summed E-state index contributed by atoms with van der Waals surface area (Å²) in [4.78, 5) is 11.2. The molecule has 3 heteroatoms. The zero-order valence-electron chi connectivity index (χ0n) is 8.75. The molecule has 0 radical (unpaired) electrons. The number of nitrogens with two attached hydrogens (primary N) is 1. The molecule has 1 aliphatic carbocycles. The van der Waals surface area contributed by atoms with Gasteiger partial charge >= 0.3 is 0 Å². The van der Waals surface area contributed by atoms with Crippen LogP contribution in [0.25, 0.3) is 0 Å². The van der Waals surface area contributed by atoms with E-state index >= 15 is 0 Å². The third-order valence-electron chi connectivity index (χ3n) is 2.86. The predicted octanol–water partition coefficient (Wildman–Crippen LogP) is 1.46.